The van der Waals surface area contributed by atoms with E-state index in [1.165, 1.54) is 24.5 Å². The zero-order valence-electron chi connectivity index (χ0n) is 23.0. The third-order valence-electron chi connectivity index (χ3n) is 7.36. The molecule has 0 radical (unpaired) electrons. The fourth-order valence-electron chi connectivity index (χ4n) is 5.07. The van der Waals surface area contributed by atoms with Gasteiger partial charge in [0.1, 0.15) is 5.75 Å². The molecule has 3 heterocycles. The Bertz CT molecular complexity index is 1080. The average Bonchev–Trinajstić information content (AvgIpc) is 2.95. The number of ether oxygens (including phenoxy) is 1. The summed E-state index contributed by atoms with van der Waals surface area (Å²) in [7, 11) is 5.22. The van der Waals surface area contributed by atoms with Crippen molar-refractivity contribution in [2.75, 3.05) is 76.1 Å². The number of nitrogens with zero attached hydrogens (tertiary/aromatic N) is 6. The molecule has 2 saturated heterocycles. The third kappa shape index (κ3) is 7.44. The van der Waals surface area contributed by atoms with Crippen molar-refractivity contribution < 1.29 is 13.5 Å². The summed E-state index contributed by atoms with van der Waals surface area (Å²) in [5.41, 5.74) is 10.5. The lowest BCUT2D eigenvalue weighted by atomic mass is 9.99. The first-order valence-corrected chi connectivity index (χ1v) is 14.1. The van der Waals surface area contributed by atoms with E-state index in [-0.39, 0.29) is 11.8 Å². The Balaban J connectivity index is 1.46. The second-order valence-electron chi connectivity index (χ2n) is 9.72. The summed E-state index contributed by atoms with van der Waals surface area (Å²) in [6.07, 6.45) is 4.71. The summed E-state index contributed by atoms with van der Waals surface area (Å²) in [4.78, 5) is 16.3. The van der Waals surface area contributed by atoms with Crippen LogP contribution < -0.4 is 31.3 Å². The number of hydrogen-bond acceptors (Lipinski definition) is 11. The van der Waals surface area contributed by atoms with Gasteiger partial charge in [0.25, 0.3) is 0 Å². The Morgan fingerprint density at radius 3 is 2.49 bits per heavy atom. The van der Waals surface area contributed by atoms with Crippen LogP contribution in [0, 0.1) is 0 Å². The fourth-order valence-corrected chi connectivity index (χ4v) is 5.36. The molecule has 216 valence electrons. The van der Waals surface area contributed by atoms with E-state index in [9.17, 15) is 8.78 Å². The van der Waals surface area contributed by atoms with Gasteiger partial charge in [0, 0.05) is 70.3 Å². The number of likely N-dealkylation sites (N-methyl/N-ethyl adjacent to an activating group) is 1. The first-order chi connectivity index (χ1) is 18.8. The molecule has 14 heteroatoms. The number of rotatable bonds is 11. The van der Waals surface area contributed by atoms with Crippen molar-refractivity contribution >= 4 is 39.1 Å². The van der Waals surface area contributed by atoms with Crippen LogP contribution >= 0.6 is 15.9 Å². The number of halogens is 3. The highest BCUT2D eigenvalue weighted by Gasteiger charge is 2.28. The van der Waals surface area contributed by atoms with Gasteiger partial charge in [-0.05, 0) is 53.9 Å². The molecule has 0 atom stereocenters. The monoisotopic (exact) mass is 612 g/mol. The van der Waals surface area contributed by atoms with Crippen molar-refractivity contribution in [2.45, 2.75) is 38.8 Å². The summed E-state index contributed by atoms with van der Waals surface area (Å²) in [6.45, 7) is 6.00. The molecule has 1 aromatic carbocycles. The van der Waals surface area contributed by atoms with Crippen LogP contribution in [-0.4, -0.2) is 98.0 Å². The molecule has 4 rings (SSSR count). The lowest BCUT2D eigenvalue weighted by Crippen LogP contribution is -2.52. The number of hydrogen-bond donors (Lipinski definition) is 4. The van der Waals surface area contributed by atoms with E-state index >= 15 is 0 Å². The number of aromatic nitrogens is 2. The maximum atomic E-state index is 13.0. The van der Waals surface area contributed by atoms with E-state index in [0.29, 0.717) is 21.4 Å². The number of aryl methyl sites for hydroxylation is 1. The van der Waals surface area contributed by atoms with E-state index in [0.717, 1.165) is 64.2 Å². The standard InChI is InChI=1S/C25H39BrF2N10O/c1-5-17-14-20(31-25-30-16-19(26)23(32-25)33-34-38(29-2)24(27)28)22(39-4)15-21(17)37-8-6-18(7-9-37)36-12-10-35(3)11-13-36/h14-16,18,24,29,34H,5-13H2,1-4H3,(H2,30,31,32,33). The smallest absolute Gasteiger partial charge is 0.321 e. The van der Waals surface area contributed by atoms with Crippen LogP contribution in [-0.2, 0) is 6.42 Å². The summed E-state index contributed by atoms with van der Waals surface area (Å²) >= 11 is 3.34. The van der Waals surface area contributed by atoms with E-state index in [1.54, 1.807) is 7.11 Å². The normalized spacial score (nSPS) is 17.7. The van der Waals surface area contributed by atoms with Gasteiger partial charge < -0.3 is 19.9 Å². The predicted octanol–water partition coefficient (Wildman–Crippen LogP) is 3.26. The number of piperazine rings is 1. The second-order valence-corrected chi connectivity index (χ2v) is 10.6. The molecular weight excluding hydrogens is 574 g/mol. The van der Waals surface area contributed by atoms with Gasteiger partial charge in [-0.15, -0.1) is 5.53 Å². The van der Waals surface area contributed by atoms with Gasteiger partial charge in [0.15, 0.2) is 5.82 Å². The van der Waals surface area contributed by atoms with Crippen LogP contribution in [0.3, 0.4) is 0 Å². The largest absolute Gasteiger partial charge is 0.494 e. The highest BCUT2D eigenvalue weighted by atomic mass is 79.9. The fraction of sp³-hybridized carbons (Fsp3) is 0.600. The molecule has 2 aliphatic rings. The molecule has 2 aliphatic heterocycles. The molecule has 1 aromatic heterocycles. The average molecular weight is 614 g/mol. The van der Waals surface area contributed by atoms with E-state index in [2.05, 4.69) is 88.4 Å². The highest BCUT2D eigenvalue weighted by molar-refractivity contribution is 9.10. The Morgan fingerprint density at radius 1 is 1.15 bits per heavy atom. The zero-order chi connectivity index (χ0) is 27.9. The SMILES string of the molecule is CCc1cc(Nc2ncc(Br)c(NNN(NC)C(F)F)n2)c(OC)cc1N1CCC(N2CCN(C)CC2)CC1. The van der Waals surface area contributed by atoms with Crippen LogP contribution in [0.25, 0.3) is 0 Å². The molecule has 0 amide bonds. The van der Waals surface area contributed by atoms with Crippen molar-refractivity contribution in [3.63, 3.8) is 0 Å². The predicted molar refractivity (Wildman–Crippen MR) is 153 cm³/mol. The van der Waals surface area contributed by atoms with Crippen molar-refractivity contribution in [1.82, 2.24) is 35.8 Å². The summed E-state index contributed by atoms with van der Waals surface area (Å²) in [5.74, 6) is 1.25. The van der Waals surface area contributed by atoms with Crippen molar-refractivity contribution in [2.24, 2.45) is 0 Å². The number of nitrogens with one attached hydrogen (secondary N) is 4. The number of alkyl halides is 2. The summed E-state index contributed by atoms with van der Waals surface area (Å²) in [5, 5.41) is 3.74. The van der Waals surface area contributed by atoms with E-state index in [4.69, 9.17) is 4.74 Å². The van der Waals surface area contributed by atoms with E-state index in [1.807, 2.05) is 0 Å². The Labute approximate surface area is 237 Å². The van der Waals surface area contributed by atoms with Gasteiger partial charge in [0.2, 0.25) is 5.95 Å². The van der Waals surface area contributed by atoms with Gasteiger partial charge in [0.05, 0.1) is 17.3 Å². The van der Waals surface area contributed by atoms with Crippen LogP contribution in [0.5, 0.6) is 5.75 Å². The maximum Gasteiger partial charge on any atom is 0.321 e. The minimum Gasteiger partial charge on any atom is -0.494 e. The molecule has 2 fully saturated rings. The molecule has 2 aromatic rings. The zero-order valence-corrected chi connectivity index (χ0v) is 24.6. The Hall–Kier alpha value is -2.36. The molecule has 0 spiro atoms. The molecular formula is C25H39BrF2N10O. The van der Waals surface area contributed by atoms with Crippen LogP contribution in [0.4, 0.5) is 31.9 Å². The number of benzene rings is 1. The van der Waals surface area contributed by atoms with Crippen molar-refractivity contribution in [1.29, 1.82) is 0 Å². The Morgan fingerprint density at radius 2 is 1.87 bits per heavy atom. The minimum absolute atomic E-state index is 0.280. The van der Waals surface area contributed by atoms with Crippen LogP contribution in [0.15, 0.2) is 22.8 Å². The molecule has 11 nitrogen and oxygen atoms in total. The topological polar surface area (TPSA) is 96.1 Å². The van der Waals surface area contributed by atoms with Gasteiger partial charge >= 0.3 is 6.55 Å². The molecule has 39 heavy (non-hydrogen) atoms. The molecule has 0 unspecified atom stereocenters. The van der Waals surface area contributed by atoms with Gasteiger partial charge in [-0.25, -0.2) is 10.4 Å². The summed E-state index contributed by atoms with van der Waals surface area (Å²) < 4.78 is 32.2. The number of hydrazine groups is 3. The third-order valence-corrected chi connectivity index (χ3v) is 7.94. The molecule has 4 N–H and O–H groups in total. The van der Waals surface area contributed by atoms with Crippen molar-refractivity contribution in [3.8, 4) is 5.75 Å². The molecule has 0 saturated carbocycles. The molecule has 0 aliphatic carbocycles. The van der Waals surface area contributed by atoms with Gasteiger partial charge in [-0.3, -0.25) is 10.3 Å². The number of piperidine rings is 1. The maximum absolute atomic E-state index is 13.0. The van der Waals surface area contributed by atoms with E-state index < -0.39 is 6.55 Å². The summed E-state index contributed by atoms with van der Waals surface area (Å²) in [6, 6.07) is 4.82. The number of anilines is 4. The van der Waals surface area contributed by atoms with Crippen molar-refractivity contribution in [3.05, 3.63) is 28.4 Å². The number of methoxy groups -OCH3 is 1. The quantitative estimate of drug-likeness (QED) is 0.222. The van der Waals surface area contributed by atoms with Crippen LogP contribution in [0.1, 0.15) is 25.3 Å². The second kappa shape index (κ2) is 13.8. The first-order valence-electron chi connectivity index (χ1n) is 13.3. The van der Waals surface area contributed by atoms with Gasteiger partial charge in [-0.2, -0.15) is 13.8 Å². The van der Waals surface area contributed by atoms with Crippen LogP contribution in [0.2, 0.25) is 0 Å². The lowest BCUT2D eigenvalue weighted by molar-refractivity contribution is -0.0850. The first kappa shape index (κ1) is 29.6. The Kier molecular flexibility index (Phi) is 10.5. The minimum atomic E-state index is -2.77. The van der Waals surface area contributed by atoms with Gasteiger partial charge in [-0.1, -0.05) is 12.0 Å². The lowest BCUT2D eigenvalue weighted by Gasteiger charge is -2.43. The molecule has 0 bridgehead atoms. The highest BCUT2D eigenvalue weighted by Crippen LogP contribution is 2.37.